The lowest BCUT2D eigenvalue weighted by Crippen LogP contribution is -2.21. The van der Waals surface area contributed by atoms with Crippen molar-refractivity contribution in [3.63, 3.8) is 0 Å². The van der Waals surface area contributed by atoms with E-state index in [1.54, 1.807) is 0 Å². The second-order valence-electron chi connectivity index (χ2n) is 3.22. The minimum absolute atomic E-state index is 0. The Kier molecular flexibility index (Phi) is 5.28. The van der Waals surface area contributed by atoms with E-state index < -0.39 is 41.7 Å². The minimum atomic E-state index is -4.63. The first-order valence-corrected chi connectivity index (χ1v) is 4.17. The van der Waals surface area contributed by atoms with Crippen molar-refractivity contribution in [3.05, 3.63) is 35.1 Å². The number of alkyl halides is 3. The van der Waals surface area contributed by atoms with Gasteiger partial charge >= 0.3 is 6.18 Å². The summed E-state index contributed by atoms with van der Waals surface area (Å²) in [4.78, 5) is 0. The van der Waals surface area contributed by atoms with Crippen LogP contribution in [0.25, 0.3) is 0 Å². The van der Waals surface area contributed by atoms with Crippen molar-refractivity contribution in [2.75, 3.05) is 0 Å². The molecule has 17 heavy (non-hydrogen) atoms. The van der Waals surface area contributed by atoms with E-state index in [9.17, 15) is 26.3 Å². The van der Waals surface area contributed by atoms with Crippen molar-refractivity contribution in [1.82, 2.24) is 0 Å². The number of hydrogen-bond donors (Lipinski definition) is 1. The fourth-order valence-corrected chi connectivity index (χ4v) is 1.21. The molecule has 0 saturated heterocycles. The van der Waals surface area contributed by atoms with Crippen LogP contribution >= 0.6 is 12.4 Å². The summed E-state index contributed by atoms with van der Waals surface area (Å²) < 4.78 is 74.2. The molecule has 1 rings (SSSR count). The van der Waals surface area contributed by atoms with Crippen molar-refractivity contribution in [3.8, 4) is 0 Å². The van der Waals surface area contributed by atoms with E-state index in [1.807, 2.05) is 0 Å². The van der Waals surface area contributed by atoms with Crippen LogP contribution in [0.4, 0.5) is 26.3 Å². The number of halogens is 7. The van der Waals surface area contributed by atoms with E-state index in [4.69, 9.17) is 5.73 Å². The van der Waals surface area contributed by atoms with Gasteiger partial charge in [0.15, 0.2) is 11.6 Å². The molecule has 0 bridgehead atoms. The van der Waals surface area contributed by atoms with Crippen LogP contribution in [0.15, 0.2) is 12.1 Å². The summed E-state index contributed by atoms with van der Waals surface area (Å²) in [6.07, 6.45) is -6.18. The van der Waals surface area contributed by atoms with E-state index in [2.05, 4.69) is 0 Å². The predicted octanol–water partition coefficient (Wildman–Crippen LogP) is 3.48. The van der Waals surface area contributed by atoms with Gasteiger partial charge in [0, 0.05) is 17.7 Å². The van der Waals surface area contributed by atoms with Gasteiger partial charge in [0.1, 0.15) is 5.82 Å². The van der Waals surface area contributed by atoms with Gasteiger partial charge < -0.3 is 5.73 Å². The fraction of sp³-hybridized carbons (Fsp3) is 0.333. The molecule has 0 unspecified atom stereocenters. The van der Waals surface area contributed by atoms with E-state index >= 15 is 0 Å². The van der Waals surface area contributed by atoms with Crippen LogP contribution in [-0.4, -0.2) is 6.18 Å². The molecule has 8 heteroatoms. The van der Waals surface area contributed by atoms with Gasteiger partial charge in [-0.3, -0.25) is 0 Å². The standard InChI is InChI=1S/C9H7F6N.ClH/c10-4-1-5(8(12)6(11)2-4)7(16)3-9(13,14)15;/h1-2,7H,3,16H2;1H/t7-;/m0./s1. The first-order chi connectivity index (χ1) is 7.20. The smallest absolute Gasteiger partial charge is 0.324 e. The molecule has 0 amide bonds. The second kappa shape index (κ2) is 5.59. The molecular formula is C9H8ClF6N. The summed E-state index contributed by atoms with van der Waals surface area (Å²) in [7, 11) is 0. The average molecular weight is 280 g/mol. The Morgan fingerprint density at radius 3 is 2.12 bits per heavy atom. The van der Waals surface area contributed by atoms with E-state index in [0.717, 1.165) is 0 Å². The molecule has 1 atom stereocenters. The predicted molar refractivity (Wildman–Crippen MR) is 51.2 cm³/mol. The highest BCUT2D eigenvalue weighted by atomic mass is 35.5. The number of rotatable bonds is 2. The Labute approximate surface area is 99.0 Å². The third-order valence-corrected chi connectivity index (χ3v) is 1.87. The molecule has 2 N–H and O–H groups in total. The topological polar surface area (TPSA) is 26.0 Å². The van der Waals surface area contributed by atoms with Gasteiger partial charge in [0.05, 0.1) is 6.42 Å². The molecule has 0 aliphatic heterocycles. The largest absolute Gasteiger partial charge is 0.390 e. The van der Waals surface area contributed by atoms with Crippen molar-refractivity contribution >= 4 is 12.4 Å². The first-order valence-electron chi connectivity index (χ1n) is 4.17. The van der Waals surface area contributed by atoms with E-state index in [0.29, 0.717) is 6.07 Å². The highest BCUT2D eigenvalue weighted by Crippen LogP contribution is 2.30. The minimum Gasteiger partial charge on any atom is -0.324 e. The van der Waals surface area contributed by atoms with Crippen molar-refractivity contribution in [2.45, 2.75) is 18.6 Å². The van der Waals surface area contributed by atoms with Crippen LogP contribution in [0.5, 0.6) is 0 Å². The zero-order valence-corrected chi connectivity index (χ0v) is 9.01. The van der Waals surface area contributed by atoms with Crippen molar-refractivity contribution in [2.24, 2.45) is 5.73 Å². The molecule has 0 spiro atoms. The number of hydrogen-bond acceptors (Lipinski definition) is 1. The van der Waals surface area contributed by atoms with Gasteiger partial charge in [-0.25, -0.2) is 13.2 Å². The normalized spacial score (nSPS) is 13.1. The summed E-state index contributed by atoms with van der Waals surface area (Å²) in [5, 5.41) is 0. The molecule has 0 heterocycles. The number of nitrogens with two attached hydrogens (primary N) is 1. The van der Waals surface area contributed by atoms with Crippen LogP contribution in [0.1, 0.15) is 18.0 Å². The summed E-state index contributed by atoms with van der Waals surface area (Å²) in [5.41, 5.74) is 4.20. The number of benzene rings is 1. The zero-order valence-electron chi connectivity index (χ0n) is 8.19. The Morgan fingerprint density at radius 1 is 1.12 bits per heavy atom. The lowest BCUT2D eigenvalue weighted by Gasteiger charge is -2.15. The maximum atomic E-state index is 13.0. The molecule has 0 radical (unpaired) electrons. The fourth-order valence-electron chi connectivity index (χ4n) is 1.21. The van der Waals surface area contributed by atoms with Gasteiger partial charge in [0.25, 0.3) is 0 Å². The first kappa shape index (κ1) is 16.1. The average Bonchev–Trinajstić information content (AvgIpc) is 2.08. The van der Waals surface area contributed by atoms with Crippen molar-refractivity contribution in [1.29, 1.82) is 0 Å². The maximum absolute atomic E-state index is 13.0. The van der Waals surface area contributed by atoms with Crippen LogP contribution in [0.2, 0.25) is 0 Å². The Morgan fingerprint density at radius 2 is 1.65 bits per heavy atom. The summed E-state index contributed by atoms with van der Waals surface area (Å²) in [6, 6.07) is -1.14. The Hall–Kier alpha value is -0.950. The molecule has 0 aromatic heterocycles. The molecule has 0 fully saturated rings. The van der Waals surface area contributed by atoms with Crippen LogP contribution in [0.3, 0.4) is 0 Å². The molecule has 0 aliphatic rings. The summed E-state index contributed by atoms with van der Waals surface area (Å²) in [6.45, 7) is 0. The third-order valence-electron chi connectivity index (χ3n) is 1.87. The highest BCUT2D eigenvalue weighted by Gasteiger charge is 2.32. The van der Waals surface area contributed by atoms with Crippen molar-refractivity contribution < 1.29 is 26.3 Å². The van der Waals surface area contributed by atoms with E-state index in [-0.39, 0.29) is 18.5 Å². The van der Waals surface area contributed by atoms with Crippen LogP contribution in [-0.2, 0) is 0 Å². The SMILES string of the molecule is Cl.N[C@@H](CC(F)(F)F)c1cc(F)cc(F)c1F. The third kappa shape index (κ3) is 4.43. The van der Waals surface area contributed by atoms with Crippen LogP contribution < -0.4 is 5.73 Å². The van der Waals surface area contributed by atoms with Gasteiger partial charge in [-0.05, 0) is 6.07 Å². The lowest BCUT2D eigenvalue weighted by atomic mass is 10.0. The van der Waals surface area contributed by atoms with Crippen LogP contribution in [0, 0.1) is 17.5 Å². The molecular weight excluding hydrogens is 272 g/mol. The Balaban J connectivity index is 0.00000256. The van der Waals surface area contributed by atoms with Gasteiger partial charge in [-0.15, -0.1) is 12.4 Å². The van der Waals surface area contributed by atoms with Gasteiger partial charge in [0.2, 0.25) is 0 Å². The maximum Gasteiger partial charge on any atom is 0.390 e. The quantitative estimate of drug-likeness (QED) is 0.651. The zero-order chi connectivity index (χ0) is 12.5. The monoisotopic (exact) mass is 279 g/mol. The highest BCUT2D eigenvalue weighted by molar-refractivity contribution is 5.85. The second-order valence-corrected chi connectivity index (χ2v) is 3.22. The summed E-state index contributed by atoms with van der Waals surface area (Å²) >= 11 is 0. The molecule has 98 valence electrons. The molecule has 1 aromatic rings. The molecule has 0 aliphatic carbocycles. The Bertz CT molecular complexity index is 392. The lowest BCUT2D eigenvalue weighted by molar-refractivity contribution is -0.138. The van der Waals surface area contributed by atoms with Gasteiger partial charge in [-0.1, -0.05) is 0 Å². The van der Waals surface area contributed by atoms with E-state index in [1.165, 1.54) is 0 Å². The summed E-state index contributed by atoms with van der Waals surface area (Å²) in [5.74, 6) is -4.29. The molecule has 1 aromatic carbocycles. The molecule has 0 saturated carbocycles. The molecule has 1 nitrogen and oxygen atoms in total. The van der Waals surface area contributed by atoms with Gasteiger partial charge in [-0.2, -0.15) is 13.2 Å².